The molecule has 0 aliphatic carbocycles. The average Bonchev–Trinajstić information content (AvgIpc) is 2.77. The molecule has 148 valence electrons. The molecule has 0 spiro atoms. The lowest BCUT2D eigenvalue weighted by atomic mass is 10.1. The molecule has 0 atom stereocenters. The molecule has 0 N–H and O–H groups in total. The summed E-state index contributed by atoms with van der Waals surface area (Å²) in [6, 6.07) is 19.2. The summed E-state index contributed by atoms with van der Waals surface area (Å²) < 4.78 is 0. The lowest BCUT2D eigenvalue weighted by Gasteiger charge is -2.24. The Labute approximate surface area is 173 Å². The van der Waals surface area contributed by atoms with Gasteiger partial charge in [-0.25, -0.2) is 0 Å². The van der Waals surface area contributed by atoms with Crippen molar-refractivity contribution in [1.82, 2.24) is 0 Å². The van der Waals surface area contributed by atoms with Crippen LogP contribution < -0.4 is 4.90 Å². The van der Waals surface area contributed by atoms with Gasteiger partial charge in [0.1, 0.15) is 17.7 Å². The molecule has 0 radical (unpaired) electrons. The highest BCUT2D eigenvalue weighted by molar-refractivity contribution is 5.63. The number of azo groups is 1. The first-order chi connectivity index (χ1) is 14.2. The van der Waals surface area contributed by atoms with E-state index in [4.69, 9.17) is 10.5 Å². The van der Waals surface area contributed by atoms with Crippen molar-refractivity contribution < 1.29 is 0 Å². The summed E-state index contributed by atoms with van der Waals surface area (Å²) in [6.07, 6.45) is 6.32. The zero-order valence-corrected chi connectivity index (χ0v) is 17.2. The Morgan fingerprint density at radius 1 is 0.828 bits per heavy atom. The van der Waals surface area contributed by atoms with Gasteiger partial charge in [0.2, 0.25) is 0 Å². The van der Waals surface area contributed by atoms with E-state index in [2.05, 4.69) is 41.1 Å². The number of anilines is 1. The second-order valence-corrected chi connectivity index (χ2v) is 6.78. The predicted molar refractivity (Wildman–Crippen MR) is 118 cm³/mol. The summed E-state index contributed by atoms with van der Waals surface area (Å²) in [6.45, 7) is 6.60. The third-order valence-corrected chi connectivity index (χ3v) is 4.50. The Bertz CT molecular complexity index is 872. The van der Waals surface area contributed by atoms with Crippen molar-refractivity contribution in [3.8, 4) is 12.1 Å². The van der Waals surface area contributed by atoms with Crippen LogP contribution in [-0.4, -0.2) is 13.1 Å². The number of nitriles is 2. The number of nitrogens with zero attached hydrogens (tertiary/aromatic N) is 5. The maximum atomic E-state index is 8.81. The molecule has 0 saturated carbocycles. The Morgan fingerprint density at radius 3 is 1.76 bits per heavy atom. The van der Waals surface area contributed by atoms with Gasteiger partial charge in [-0.3, -0.25) is 0 Å². The third kappa shape index (κ3) is 7.24. The van der Waals surface area contributed by atoms with E-state index in [1.165, 1.54) is 31.4 Å². The SMILES string of the molecule is CCCCN(CCCC)c1ccc(N=Nc2ccc(C=C(C#N)C#N)cc2)cc1. The van der Waals surface area contributed by atoms with E-state index in [1.807, 2.05) is 48.5 Å². The van der Waals surface area contributed by atoms with Crippen LogP contribution in [0.5, 0.6) is 0 Å². The van der Waals surface area contributed by atoms with Gasteiger partial charge in [0.25, 0.3) is 0 Å². The van der Waals surface area contributed by atoms with Crippen LogP contribution in [0.15, 0.2) is 64.3 Å². The van der Waals surface area contributed by atoms with Gasteiger partial charge in [-0.1, -0.05) is 38.8 Å². The largest absolute Gasteiger partial charge is 0.372 e. The Balaban J connectivity index is 2.05. The van der Waals surface area contributed by atoms with Crippen molar-refractivity contribution in [2.45, 2.75) is 39.5 Å². The second-order valence-electron chi connectivity index (χ2n) is 6.78. The average molecular weight is 386 g/mol. The van der Waals surface area contributed by atoms with Crippen molar-refractivity contribution in [2.75, 3.05) is 18.0 Å². The molecule has 0 aliphatic rings. The quantitative estimate of drug-likeness (QED) is 0.328. The maximum absolute atomic E-state index is 8.81. The van der Waals surface area contributed by atoms with Crippen LogP contribution in [0.2, 0.25) is 0 Å². The first-order valence-electron chi connectivity index (χ1n) is 10.1. The molecule has 29 heavy (non-hydrogen) atoms. The number of hydrogen-bond acceptors (Lipinski definition) is 5. The Hall–Kier alpha value is -3.44. The van der Waals surface area contributed by atoms with E-state index in [0.717, 1.165) is 24.3 Å². The fraction of sp³-hybridized carbons (Fsp3) is 0.333. The standard InChI is InChI=1S/C24H27N5/c1-3-5-15-29(16-6-4-2)24-13-11-23(12-14-24)28-27-22-9-7-20(8-10-22)17-21(18-25)19-26/h7-14,17H,3-6,15-16H2,1-2H3. The summed E-state index contributed by atoms with van der Waals surface area (Å²) in [5, 5.41) is 26.2. The number of unbranched alkanes of at least 4 members (excludes halogenated alkanes) is 2. The number of hydrogen-bond donors (Lipinski definition) is 0. The Kier molecular flexibility index (Phi) is 9.12. The number of rotatable bonds is 10. The van der Waals surface area contributed by atoms with Crippen molar-refractivity contribution in [2.24, 2.45) is 10.2 Å². The van der Waals surface area contributed by atoms with E-state index in [-0.39, 0.29) is 5.57 Å². The smallest absolute Gasteiger partial charge is 0.130 e. The van der Waals surface area contributed by atoms with Crippen LogP contribution >= 0.6 is 0 Å². The zero-order valence-electron chi connectivity index (χ0n) is 17.2. The highest BCUT2D eigenvalue weighted by atomic mass is 15.1. The predicted octanol–water partition coefficient (Wildman–Crippen LogP) is 6.94. The molecule has 0 bridgehead atoms. The van der Waals surface area contributed by atoms with E-state index in [1.54, 1.807) is 6.08 Å². The minimum absolute atomic E-state index is 0.0754. The molecule has 0 heterocycles. The molecule has 0 fully saturated rings. The van der Waals surface area contributed by atoms with Crippen LogP contribution in [0.4, 0.5) is 17.1 Å². The van der Waals surface area contributed by atoms with Gasteiger partial charge >= 0.3 is 0 Å². The molecule has 2 aromatic carbocycles. The highest BCUT2D eigenvalue weighted by Crippen LogP contribution is 2.23. The zero-order chi connectivity index (χ0) is 20.9. The Morgan fingerprint density at radius 2 is 1.31 bits per heavy atom. The second kappa shape index (κ2) is 12.1. The molecule has 5 heteroatoms. The molecule has 0 saturated heterocycles. The van der Waals surface area contributed by atoms with Crippen LogP contribution in [0.3, 0.4) is 0 Å². The van der Waals surface area contributed by atoms with E-state index in [0.29, 0.717) is 5.69 Å². The molecular weight excluding hydrogens is 358 g/mol. The molecule has 2 aromatic rings. The normalized spacial score (nSPS) is 10.3. The van der Waals surface area contributed by atoms with Crippen molar-refractivity contribution in [3.63, 3.8) is 0 Å². The van der Waals surface area contributed by atoms with Crippen LogP contribution in [0.25, 0.3) is 6.08 Å². The fourth-order valence-electron chi connectivity index (χ4n) is 2.81. The summed E-state index contributed by atoms with van der Waals surface area (Å²) in [5.41, 5.74) is 3.61. The lowest BCUT2D eigenvalue weighted by molar-refractivity contribution is 0.678. The minimum Gasteiger partial charge on any atom is -0.372 e. The molecule has 0 aromatic heterocycles. The summed E-state index contributed by atoms with van der Waals surface area (Å²) in [5.74, 6) is 0. The van der Waals surface area contributed by atoms with E-state index in [9.17, 15) is 0 Å². The van der Waals surface area contributed by atoms with Gasteiger partial charge in [-0.2, -0.15) is 20.8 Å². The molecule has 0 unspecified atom stereocenters. The van der Waals surface area contributed by atoms with Crippen molar-refractivity contribution in [1.29, 1.82) is 10.5 Å². The van der Waals surface area contributed by atoms with Crippen LogP contribution in [-0.2, 0) is 0 Å². The van der Waals surface area contributed by atoms with Gasteiger partial charge in [-0.05, 0) is 60.9 Å². The van der Waals surface area contributed by atoms with Gasteiger partial charge in [0.05, 0.1) is 11.4 Å². The molecular formula is C24H27N5. The first kappa shape index (κ1) is 21.9. The molecule has 2 rings (SSSR count). The van der Waals surface area contributed by atoms with Crippen molar-refractivity contribution >= 4 is 23.1 Å². The summed E-state index contributed by atoms with van der Waals surface area (Å²) in [7, 11) is 0. The monoisotopic (exact) mass is 385 g/mol. The van der Waals surface area contributed by atoms with Crippen LogP contribution in [0, 0.1) is 22.7 Å². The number of benzene rings is 2. The summed E-state index contributed by atoms with van der Waals surface area (Å²) in [4.78, 5) is 2.44. The first-order valence-corrected chi connectivity index (χ1v) is 10.1. The topological polar surface area (TPSA) is 75.5 Å². The van der Waals surface area contributed by atoms with Gasteiger partial charge in [0.15, 0.2) is 0 Å². The lowest BCUT2D eigenvalue weighted by Crippen LogP contribution is -2.25. The maximum Gasteiger partial charge on any atom is 0.130 e. The third-order valence-electron chi connectivity index (χ3n) is 4.50. The minimum atomic E-state index is 0.0754. The molecule has 5 nitrogen and oxygen atoms in total. The molecule has 0 amide bonds. The van der Waals surface area contributed by atoms with E-state index >= 15 is 0 Å². The highest BCUT2D eigenvalue weighted by Gasteiger charge is 2.05. The fourth-order valence-corrected chi connectivity index (χ4v) is 2.81. The van der Waals surface area contributed by atoms with Crippen molar-refractivity contribution in [3.05, 3.63) is 59.7 Å². The molecule has 0 aliphatic heterocycles. The van der Waals surface area contributed by atoms with Gasteiger partial charge in [0, 0.05) is 18.8 Å². The number of allylic oxidation sites excluding steroid dienone is 1. The van der Waals surface area contributed by atoms with Gasteiger partial charge < -0.3 is 4.90 Å². The van der Waals surface area contributed by atoms with E-state index < -0.39 is 0 Å². The van der Waals surface area contributed by atoms with Crippen LogP contribution in [0.1, 0.15) is 45.1 Å². The van der Waals surface area contributed by atoms with Gasteiger partial charge in [-0.15, -0.1) is 0 Å². The summed E-state index contributed by atoms with van der Waals surface area (Å²) >= 11 is 0.